The number of nitrogens with zero attached hydrogens (tertiary/aromatic N) is 4. The molecule has 1 aromatic heterocycles. The summed E-state index contributed by atoms with van der Waals surface area (Å²) in [7, 11) is 1.63. The van der Waals surface area contributed by atoms with Gasteiger partial charge in [-0.1, -0.05) is 48.0 Å². The Balaban J connectivity index is 1.40. The van der Waals surface area contributed by atoms with Gasteiger partial charge in [0.15, 0.2) is 11.5 Å². The van der Waals surface area contributed by atoms with Crippen LogP contribution in [0.25, 0.3) is 11.3 Å². The van der Waals surface area contributed by atoms with E-state index in [1.807, 2.05) is 48.5 Å². The summed E-state index contributed by atoms with van der Waals surface area (Å²) in [5.41, 5.74) is 7.92. The van der Waals surface area contributed by atoms with Crippen LogP contribution in [0.3, 0.4) is 0 Å². The van der Waals surface area contributed by atoms with Crippen molar-refractivity contribution in [2.75, 3.05) is 38.2 Å². The first-order chi connectivity index (χ1) is 20.8. The van der Waals surface area contributed by atoms with Gasteiger partial charge < -0.3 is 24.6 Å². The molecule has 2 amide bonds. The Kier molecular flexibility index (Phi) is 7.80. The van der Waals surface area contributed by atoms with Crippen LogP contribution < -0.4 is 25.4 Å². The molecule has 9 heteroatoms. The third-order valence-corrected chi connectivity index (χ3v) is 8.23. The van der Waals surface area contributed by atoms with E-state index in [1.54, 1.807) is 16.6 Å². The normalized spacial score (nSPS) is 13.8. The summed E-state index contributed by atoms with van der Waals surface area (Å²) >= 11 is 0. The van der Waals surface area contributed by atoms with Crippen LogP contribution in [0.5, 0.6) is 11.5 Å². The Morgan fingerprint density at radius 2 is 1.72 bits per heavy atom. The van der Waals surface area contributed by atoms with Crippen molar-refractivity contribution in [1.82, 2.24) is 19.8 Å². The maximum atomic E-state index is 13.5. The molecular weight excluding hydrogens is 542 g/mol. The molecule has 6 rings (SSSR count). The van der Waals surface area contributed by atoms with E-state index >= 15 is 0 Å². The van der Waals surface area contributed by atoms with Crippen molar-refractivity contribution >= 4 is 17.5 Å². The molecule has 0 unspecified atom stereocenters. The van der Waals surface area contributed by atoms with Crippen molar-refractivity contribution in [3.8, 4) is 22.8 Å². The zero-order valence-corrected chi connectivity index (χ0v) is 25.1. The summed E-state index contributed by atoms with van der Waals surface area (Å²) in [4.78, 5) is 34.4. The Morgan fingerprint density at radius 3 is 2.42 bits per heavy atom. The van der Waals surface area contributed by atoms with E-state index in [-0.39, 0.29) is 11.7 Å². The molecule has 1 fully saturated rings. The number of carbonyl (C=O) groups excluding carboxylic acids is 1. The Bertz CT molecular complexity index is 1710. The van der Waals surface area contributed by atoms with Crippen molar-refractivity contribution in [1.29, 1.82) is 0 Å². The number of ether oxygens (including phenoxy) is 2. The van der Waals surface area contributed by atoms with Gasteiger partial charge >= 0.3 is 11.7 Å². The van der Waals surface area contributed by atoms with Crippen LogP contribution in [-0.4, -0.2) is 53.8 Å². The highest BCUT2D eigenvalue weighted by molar-refractivity contribution is 5.77. The summed E-state index contributed by atoms with van der Waals surface area (Å²) in [5, 5.41) is 2.88. The monoisotopic (exact) mass is 579 g/mol. The number of nitrogens with one attached hydrogen (secondary N) is 1. The quantitative estimate of drug-likeness (QED) is 0.295. The third kappa shape index (κ3) is 5.67. The minimum absolute atomic E-state index is 0.0675. The number of methoxy groups -OCH3 is 1. The summed E-state index contributed by atoms with van der Waals surface area (Å²) in [6.45, 7) is 9.47. The Labute approximate surface area is 251 Å². The molecule has 1 saturated heterocycles. The Hall–Kier alpha value is -4.79. The zero-order chi connectivity index (χ0) is 30.1. The summed E-state index contributed by atoms with van der Waals surface area (Å²) in [6.07, 6.45) is 0.679. The van der Waals surface area contributed by atoms with Crippen LogP contribution in [0.4, 0.5) is 16.3 Å². The lowest BCUT2D eigenvalue weighted by Gasteiger charge is -2.31. The first kappa shape index (κ1) is 28.3. The van der Waals surface area contributed by atoms with Gasteiger partial charge in [0.25, 0.3) is 0 Å². The van der Waals surface area contributed by atoms with E-state index < -0.39 is 0 Å². The highest BCUT2D eigenvalue weighted by Crippen LogP contribution is 2.40. The zero-order valence-electron chi connectivity index (χ0n) is 25.1. The molecule has 3 heterocycles. The van der Waals surface area contributed by atoms with Gasteiger partial charge in [-0.2, -0.15) is 4.98 Å². The standard InChI is InChI=1S/C34H37N5O4/c1-22-16-23(2)32(24(3)17-22)39(15-14-37-13-11-35-33(37)40)31-20-28-27-19-29(42-4)30(43-21-25-8-6-5-7-9-25)18-26(27)10-12-38(28)34(41)36-31/h5-9,16-20H,10-15,21H2,1-4H3,(H,35,40). The average molecular weight is 580 g/mol. The predicted octanol–water partition coefficient (Wildman–Crippen LogP) is 5.14. The van der Waals surface area contributed by atoms with Crippen LogP contribution in [-0.2, 0) is 19.6 Å². The molecule has 222 valence electrons. The number of anilines is 2. The van der Waals surface area contributed by atoms with E-state index in [9.17, 15) is 9.59 Å². The van der Waals surface area contributed by atoms with Crippen LogP contribution in [0, 0.1) is 20.8 Å². The smallest absolute Gasteiger partial charge is 0.350 e. The van der Waals surface area contributed by atoms with E-state index in [0.29, 0.717) is 63.1 Å². The number of hydrogen-bond donors (Lipinski definition) is 1. The fourth-order valence-corrected chi connectivity index (χ4v) is 6.24. The van der Waals surface area contributed by atoms with Gasteiger partial charge in [0.05, 0.1) is 12.8 Å². The number of aryl methyl sites for hydroxylation is 4. The number of aromatic nitrogens is 2. The molecule has 0 bridgehead atoms. The molecule has 43 heavy (non-hydrogen) atoms. The molecule has 0 saturated carbocycles. The topological polar surface area (TPSA) is 88.9 Å². The molecule has 3 aromatic carbocycles. The van der Waals surface area contributed by atoms with Gasteiger partial charge in [0.2, 0.25) is 0 Å². The lowest BCUT2D eigenvalue weighted by Crippen LogP contribution is -2.37. The number of benzene rings is 3. The number of carbonyl (C=O) groups is 1. The molecule has 9 nitrogen and oxygen atoms in total. The van der Waals surface area contributed by atoms with Crippen molar-refractivity contribution in [3.63, 3.8) is 0 Å². The van der Waals surface area contributed by atoms with E-state index in [2.05, 4.69) is 48.1 Å². The number of fused-ring (bicyclic) bond motifs is 3. The van der Waals surface area contributed by atoms with E-state index in [0.717, 1.165) is 39.2 Å². The fourth-order valence-electron chi connectivity index (χ4n) is 6.24. The van der Waals surface area contributed by atoms with Gasteiger partial charge in [-0.15, -0.1) is 0 Å². The molecule has 0 radical (unpaired) electrons. The minimum Gasteiger partial charge on any atom is -0.493 e. The van der Waals surface area contributed by atoms with Gasteiger partial charge in [-0.25, -0.2) is 9.59 Å². The molecule has 2 aliphatic rings. The highest BCUT2D eigenvalue weighted by Gasteiger charge is 2.26. The lowest BCUT2D eigenvalue weighted by atomic mass is 9.96. The van der Waals surface area contributed by atoms with Crippen molar-refractivity contribution in [2.24, 2.45) is 0 Å². The number of amides is 2. The molecule has 4 aromatic rings. The Morgan fingerprint density at radius 1 is 0.953 bits per heavy atom. The maximum Gasteiger partial charge on any atom is 0.350 e. The number of rotatable bonds is 9. The lowest BCUT2D eigenvalue weighted by molar-refractivity contribution is 0.218. The second kappa shape index (κ2) is 11.8. The molecule has 0 atom stereocenters. The van der Waals surface area contributed by atoms with Crippen LogP contribution in [0.1, 0.15) is 27.8 Å². The van der Waals surface area contributed by atoms with Crippen molar-refractivity contribution < 1.29 is 14.3 Å². The SMILES string of the molecule is COc1cc2c(cc1OCc1ccccc1)CCn1c-2cc(N(CCN2CCNC2=O)c2c(C)cc(C)cc2C)nc1=O. The maximum absolute atomic E-state index is 13.5. The van der Waals surface area contributed by atoms with E-state index in [4.69, 9.17) is 9.47 Å². The van der Waals surface area contributed by atoms with Crippen LogP contribution in [0.2, 0.25) is 0 Å². The molecule has 0 spiro atoms. The van der Waals surface area contributed by atoms with Gasteiger partial charge in [0.1, 0.15) is 12.4 Å². The van der Waals surface area contributed by atoms with E-state index in [1.165, 1.54) is 5.56 Å². The third-order valence-electron chi connectivity index (χ3n) is 8.23. The minimum atomic E-state index is -0.298. The predicted molar refractivity (Wildman–Crippen MR) is 168 cm³/mol. The van der Waals surface area contributed by atoms with Gasteiger partial charge in [-0.05, 0) is 61.6 Å². The summed E-state index contributed by atoms with van der Waals surface area (Å²) in [6, 6.07) is 20.2. The second-order valence-corrected chi connectivity index (χ2v) is 11.2. The summed E-state index contributed by atoms with van der Waals surface area (Å²) in [5.74, 6) is 1.84. The van der Waals surface area contributed by atoms with Crippen molar-refractivity contribution in [2.45, 2.75) is 40.3 Å². The first-order valence-corrected chi connectivity index (χ1v) is 14.7. The molecular formula is C34H37N5O4. The number of hydrogen-bond acceptors (Lipinski definition) is 6. The van der Waals surface area contributed by atoms with Crippen LogP contribution >= 0.6 is 0 Å². The summed E-state index contributed by atoms with van der Waals surface area (Å²) < 4.78 is 13.7. The second-order valence-electron chi connectivity index (χ2n) is 11.2. The van der Waals surface area contributed by atoms with Gasteiger partial charge in [0, 0.05) is 50.0 Å². The highest BCUT2D eigenvalue weighted by atomic mass is 16.5. The number of urea groups is 1. The largest absolute Gasteiger partial charge is 0.493 e. The van der Waals surface area contributed by atoms with Crippen molar-refractivity contribution in [3.05, 3.63) is 99.0 Å². The van der Waals surface area contributed by atoms with Gasteiger partial charge in [-0.3, -0.25) is 4.57 Å². The average Bonchev–Trinajstić information content (AvgIpc) is 3.41. The first-order valence-electron chi connectivity index (χ1n) is 14.7. The van der Waals surface area contributed by atoms with Crippen LogP contribution in [0.15, 0.2) is 65.5 Å². The fraction of sp³-hybridized carbons (Fsp3) is 0.324. The molecule has 1 N–H and O–H groups in total. The molecule has 0 aliphatic carbocycles. The molecule has 2 aliphatic heterocycles.